The maximum atomic E-state index is 13.9. The molecule has 0 aliphatic rings. The number of para-hydroxylation sites is 1. The van der Waals surface area contributed by atoms with E-state index in [1.54, 1.807) is 39.0 Å². The van der Waals surface area contributed by atoms with E-state index in [-0.39, 0.29) is 18.8 Å². The van der Waals surface area contributed by atoms with E-state index in [0.29, 0.717) is 5.69 Å². The van der Waals surface area contributed by atoms with Crippen molar-refractivity contribution in [1.29, 1.82) is 0 Å². The van der Waals surface area contributed by atoms with Crippen molar-refractivity contribution in [3.8, 4) is 0 Å². The Bertz CT molecular complexity index is 1200. The van der Waals surface area contributed by atoms with Gasteiger partial charge < -0.3 is 4.74 Å². The fourth-order valence-corrected chi connectivity index (χ4v) is 6.01. The van der Waals surface area contributed by atoms with Crippen LogP contribution in [0.4, 0.5) is 5.69 Å². The predicted molar refractivity (Wildman–Crippen MR) is 149 cm³/mol. The molecule has 0 aliphatic carbocycles. The van der Waals surface area contributed by atoms with Crippen molar-refractivity contribution in [2.24, 2.45) is 11.8 Å². The molecule has 2 rings (SSSR count). The van der Waals surface area contributed by atoms with Gasteiger partial charge in [-0.15, -0.1) is 0 Å². The van der Waals surface area contributed by atoms with Crippen LogP contribution in [0.5, 0.6) is 0 Å². The number of hydrogen-bond donors (Lipinski definition) is 2. The van der Waals surface area contributed by atoms with Gasteiger partial charge in [-0.2, -0.15) is 0 Å². The first-order valence-corrected chi connectivity index (χ1v) is 14.3. The molecule has 2 N–H and O–H groups in total. The van der Waals surface area contributed by atoms with Crippen molar-refractivity contribution in [3.05, 3.63) is 71.8 Å². The van der Waals surface area contributed by atoms with E-state index in [1.807, 2.05) is 69.3 Å². The SMILES string of the molecule is Cc1ccccc1NNC(=O)[C@@](CC(C)C)([C@@H](C/C=C/c1ccccc1)C(=O)OC(C)(C)C)S(C)(=O)=O. The second-order valence-electron chi connectivity index (χ2n) is 10.8. The zero-order chi connectivity index (χ0) is 27.9. The molecule has 0 radical (unpaired) electrons. The molecular formula is C29H40N2O5S. The van der Waals surface area contributed by atoms with Crippen LogP contribution < -0.4 is 10.9 Å². The summed E-state index contributed by atoms with van der Waals surface area (Å²) in [5, 5.41) is 0. The van der Waals surface area contributed by atoms with Crippen LogP contribution in [0, 0.1) is 18.8 Å². The Morgan fingerprint density at radius 3 is 2.14 bits per heavy atom. The molecule has 1 amide bonds. The van der Waals surface area contributed by atoms with E-state index in [1.165, 1.54) is 0 Å². The predicted octanol–water partition coefficient (Wildman–Crippen LogP) is 5.33. The first kappa shape index (κ1) is 30.1. The van der Waals surface area contributed by atoms with Crippen LogP contribution in [-0.2, 0) is 24.2 Å². The molecule has 0 aromatic heterocycles. The number of anilines is 1. The monoisotopic (exact) mass is 528 g/mol. The quantitative estimate of drug-likeness (QED) is 0.302. The van der Waals surface area contributed by atoms with Crippen molar-refractivity contribution in [2.75, 3.05) is 11.7 Å². The largest absolute Gasteiger partial charge is 0.460 e. The van der Waals surface area contributed by atoms with E-state index in [0.717, 1.165) is 17.4 Å². The van der Waals surface area contributed by atoms with Crippen LogP contribution in [0.25, 0.3) is 6.08 Å². The summed E-state index contributed by atoms with van der Waals surface area (Å²) in [6.45, 7) is 10.7. The van der Waals surface area contributed by atoms with Gasteiger partial charge in [0, 0.05) is 6.26 Å². The standard InChI is InChI=1S/C29H40N2O5S/c1-21(2)20-29(37(7,34)35,27(33)31-30-25-19-12-11-14-22(25)3)24(26(32)36-28(4,5)6)18-13-17-23-15-9-8-10-16-23/h8-17,19,21,24,30H,18,20H2,1-7H3,(H,31,33)/b17-13+/t24-,29+/m0/s1. The van der Waals surface area contributed by atoms with Gasteiger partial charge >= 0.3 is 5.97 Å². The Hall–Kier alpha value is -3.13. The molecule has 202 valence electrons. The number of benzene rings is 2. The maximum Gasteiger partial charge on any atom is 0.311 e. The van der Waals surface area contributed by atoms with E-state index in [2.05, 4.69) is 10.9 Å². The first-order valence-electron chi connectivity index (χ1n) is 12.4. The number of sulfone groups is 1. The lowest BCUT2D eigenvalue weighted by Gasteiger charge is -2.38. The van der Waals surface area contributed by atoms with E-state index in [9.17, 15) is 18.0 Å². The highest BCUT2D eigenvalue weighted by Gasteiger charge is 2.57. The Kier molecular flexibility index (Phi) is 10.1. The van der Waals surface area contributed by atoms with Crippen molar-refractivity contribution in [1.82, 2.24) is 5.43 Å². The number of carbonyl (C=O) groups is 2. The van der Waals surface area contributed by atoms with Crippen LogP contribution in [0.1, 0.15) is 58.6 Å². The second kappa shape index (κ2) is 12.4. The first-order chi connectivity index (χ1) is 17.2. The Morgan fingerprint density at radius 1 is 1.00 bits per heavy atom. The lowest BCUT2D eigenvalue weighted by molar-refractivity contribution is -0.163. The van der Waals surface area contributed by atoms with E-state index >= 15 is 0 Å². The topological polar surface area (TPSA) is 102 Å². The molecule has 0 bridgehead atoms. The van der Waals surface area contributed by atoms with Crippen LogP contribution in [0.15, 0.2) is 60.7 Å². The smallest absolute Gasteiger partial charge is 0.311 e. The van der Waals surface area contributed by atoms with Crippen LogP contribution in [0.3, 0.4) is 0 Å². The molecule has 0 fully saturated rings. The Labute approximate surface area is 221 Å². The van der Waals surface area contributed by atoms with Crippen LogP contribution in [-0.4, -0.2) is 36.9 Å². The molecule has 0 saturated heterocycles. The third-order valence-electron chi connectivity index (χ3n) is 5.95. The van der Waals surface area contributed by atoms with Gasteiger partial charge in [-0.25, -0.2) is 8.42 Å². The van der Waals surface area contributed by atoms with Gasteiger partial charge in [-0.3, -0.25) is 20.4 Å². The zero-order valence-corrected chi connectivity index (χ0v) is 23.7. The molecule has 2 aromatic rings. The highest BCUT2D eigenvalue weighted by Crippen LogP contribution is 2.38. The van der Waals surface area contributed by atoms with Crippen molar-refractivity contribution >= 4 is 33.5 Å². The minimum atomic E-state index is -4.12. The van der Waals surface area contributed by atoms with Gasteiger partial charge in [0.1, 0.15) is 5.60 Å². The minimum Gasteiger partial charge on any atom is -0.460 e. The van der Waals surface area contributed by atoms with Gasteiger partial charge in [0.25, 0.3) is 5.91 Å². The number of nitrogens with one attached hydrogen (secondary N) is 2. The highest BCUT2D eigenvalue weighted by molar-refractivity contribution is 7.93. The molecule has 37 heavy (non-hydrogen) atoms. The molecule has 0 heterocycles. The number of hydrazine groups is 1. The summed E-state index contributed by atoms with van der Waals surface area (Å²) < 4.78 is 30.7. The van der Waals surface area contributed by atoms with Crippen LogP contribution in [0.2, 0.25) is 0 Å². The number of ether oxygens (including phenoxy) is 1. The van der Waals surface area contributed by atoms with Crippen LogP contribution >= 0.6 is 0 Å². The van der Waals surface area contributed by atoms with Gasteiger partial charge in [0.15, 0.2) is 14.6 Å². The summed E-state index contributed by atoms with van der Waals surface area (Å²) in [5.41, 5.74) is 6.97. The maximum absolute atomic E-state index is 13.9. The fraction of sp³-hybridized carbons (Fsp3) is 0.448. The van der Waals surface area contributed by atoms with E-state index in [4.69, 9.17) is 4.74 Å². The Balaban J connectivity index is 2.59. The molecule has 0 saturated carbocycles. The summed E-state index contributed by atoms with van der Waals surface area (Å²) in [6.07, 6.45) is 4.49. The van der Waals surface area contributed by atoms with Gasteiger partial charge in [-0.1, -0.05) is 74.5 Å². The normalized spacial score (nSPS) is 14.7. The minimum absolute atomic E-state index is 0.00137. The highest BCUT2D eigenvalue weighted by atomic mass is 32.2. The molecule has 0 spiro atoms. The summed E-state index contributed by atoms with van der Waals surface area (Å²) in [7, 11) is -4.12. The van der Waals surface area contributed by atoms with Gasteiger partial charge in [-0.05, 0) is 63.6 Å². The number of carbonyl (C=O) groups excluding carboxylic acids is 2. The van der Waals surface area contributed by atoms with Gasteiger partial charge in [0.2, 0.25) is 0 Å². The van der Waals surface area contributed by atoms with Crippen molar-refractivity contribution in [2.45, 2.75) is 64.7 Å². The number of aryl methyl sites for hydroxylation is 1. The molecule has 2 aromatic carbocycles. The molecule has 0 aliphatic heterocycles. The van der Waals surface area contributed by atoms with E-state index < -0.39 is 38.0 Å². The summed E-state index contributed by atoms with van der Waals surface area (Å²) in [5.74, 6) is -3.01. The zero-order valence-electron chi connectivity index (χ0n) is 22.9. The molecular weight excluding hydrogens is 488 g/mol. The molecule has 2 atom stereocenters. The number of hydrogen-bond acceptors (Lipinski definition) is 6. The lowest BCUT2D eigenvalue weighted by Crippen LogP contribution is -2.61. The number of amides is 1. The summed E-state index contributed by atoms with van der Waals surface area (Å²) in [6, 6.07) is 16.8. The molecule has 0 unspecified atom stereocenters. The molecule has 7 nitrogen and oxygen atoms in total. The second-order valence-corrected chi connectivity index (χ2v) is 13.1. The summed E-state index contributed by atoms with van der Waals surface area (Å²) >= 11 is 0. The summed E-state index contributed by atoms with van der Waals surface area (Å²) in [4.78, 5) is 27.5. The Morgan fingerprint density at radius 2 is 1.59 bits per heavy atom. The lowest BCUT2D eigenvalue weighted by atomic mass is 9.81. The average Bonchev–Trinajstić information content (AvgIpc) is 2.78. The van der Waals surface area contributed by atoms with Crippen molar-refractivity contribution in [3.63, 3.8) is 0 Å². The third kappa shape index (κ3) is 8.18. The molecule has 8 heteroatoms. The number of esters is 1. The average molecular weight is 529 g/mol. The number of rotatable bonds is 11. The third-order valence-corrected chi connectivity index (χ3v) is 7.91. The van der Waals surface area contributed by atoms with Gasteiger partial charge in [0.05, 0.1) is 11.6 Å². The van der Waals surface area contributed by atoms with Crippen molar-refractivity contribution < 1.29 is 22.7 Å². The fourth-order valence-electron chi connectivity index (χ4n) is 4.28. The number of allylic oxidation sites excluding steroid dienone is 1.